The van der Waals surface area contributed by atoms with Gasteiger partial charge < -0.3 is 23.7 Å². The zero-order chi connectivity index (χ0) is 20.4. The third-order valence-electron chi connectivity index (χ3n) is 11.4. The molecule has 0 N–H and O–H groups in total. The maximum absolute atomic E-state index is 6.67. The van der Waals surface area contributed by atoms with Crippen LogP contribution in [-0.4, -0.2) is 49.7 Å². The summed E-state index contributed by atoms with van der Waals surface area (Å²) in [7, 11) is 0. The van der Waals surface area contributed by atoms with Gasteiger partial charge in [0.15, 0.2) is 11.6 Å². The van der Waals surface area contributed by atoms with E-state index in [9.17, 15) is 0 Å². The van der Waals surface area contributed by atoms with Crippen LogP contribution < -0.4 is 0 Å². The monoisotopic (exact) mass is 418 g/mol. The van der Waals surface area contributed by atoms with Crippen molar-refractivity contribution in [1.29, 1.82) is 0 Å². The van der Waals surface area contributed by atoms with E-state index in [-0.39, 0.29) is 22.6 Å². The van der Waals surface area contributed by atoms with Gasteiger partial charge >= 0.3 is 0 Å². The van der Waals surface area contributed by atoms with E-state index in [0.29, 0.717) is 17.4 Å². The van der Waals surface area contributed by atoms with Gasteiger partial charge in [0.05, 0.1) is 32.5 Å². The Morgan fingerprint density at radius 2 is 1.47 bits per heavy atom. The first-order valence-electron chi connectivity index (χ1n) is 12.6. The van der Waals surface area contributed by atoms with Crippen LogP contribution in [0, 0.1) is 34.5 Å². The van der Waals surface area contributed by atoms with E-state index >= 15 is 0 Å². The molecule has 0 aromatic rings. The predicted molar refractivity (Wildman–Crippen MR) is 110 cm³/mol. The second-order valence-electron chi connectivity index (χ2n) is 12.2. The number of rotatable bonds is 1. The fourth-order valence-electron chi connectivity index (χ4n) is 9.96. The Balaban J connectivity index is 1.19. The Morgan fingerprint density at radius 3 is 2.23 bits per heavy atom. The van der Waals surface area contributed by atoms with Crippen molar-refractivity contribution in [2.24, 2.45) is 34.5 Å². The zero-order valence-electron chi connectivity index (χ0n) is 18.9. The molecule has 4 aliphatic carbocycles. The standard InChI is InChI=1S/C25H38O5/c1-21-7-6-18-16(17(21)4-5-19(21)23(3)26-10-11-27-23)14-20-25(30-20)15-24(28-12-13-29-24)9-8-22(18,25)2/h16-20H,4-15H2,1-3H3/t16?,17?,18?,19?,20-,21+,22-,25-/m1/s1. The number of fused-ring (bicyclic) bond motifs is 4. The lowest BCUT2D eigenvalue weighted by Crippen LogP contribution is -2.61. The lowest BCUT2D eigenvalue weighted by molar-refractivity contribution is -0.235. The maximum Gasteiger partial charge on any atom is 0.171 e. The Hall–Kier alpha value is -0.200. The molecule has 2 spiro atoms. The molecule has 7 fully saturated rings. The van der Waals surface area contributed by atoms with Gasteiger partial charge in [0.2, 0.25) is 0 Å². The average molecular weight is 419 g/mol. The second kappa shape index (κ2) is 5.83. The minimum Gasteiger partial charge on any atom is -0.365 e. The van der Waals surface area contributed by atoms with Gasteiger partial charge in [0.25, 0.3) is 0 Å². The summed E-state index contributed by atoms with van der Waals surface area (Å²) in [5.41, 5.74) is 0.607. The molecule has 0 aromatic heterocycles. The summed E-state index contributed by atoms with van der Waals surface area (Å²) in [6.45, 7) is 10.3. The number of hydrogen-bond donors (Lipinski definition) is 0. The Bertz CT molecular complexity index is 742. The quantitative estimate of drug-likeness (QED) is 0.595. The first-order valence-corrected chi connectivity index (χ1v) is 12.6. The summed E-state index contributed by atoms with van der Waals surface area (Å²) < 4.78 is 31.3. The van der Waals surface area contributed by atoms with Gasteiger partial charge in [0, 0.05) is 24.2 Å². The highest BCUT2D eigenvalue weighted by atomic mass is 16.7. The molecule has 4 saturated carbocycles. The molecular weight excluding hydrogens is 380 g/mol. The Labute approximate surface area is 180 Å². The van der Waals surface area contributed by atoms with Crippen molar-refractivity contribution in [2.45, 2.75) is 95.4 Å². The van der Waals surface area contributed by atoms with Gasteiger partial charge in [-0.05, 0) is 68.6 Å². The van der Waals surface area contributed by atoms with Crippen LogP contribution in [0.15, 0.2) is 0 Å². The summed E-state index contributed by atoms with van der Waals surface area (Å²) in [6, 6.07) is 0. The van der Waals surface area contributed by atoms with Crippen molar-refractivity contribution in [3.63, 3.8) is 0 Å². The molecule has 3 saturated heterocycles. The van der Waals surface area contributed by atoms with E-state index in [2.05, 4.69) is 20.8 Å². The largest absolute Gasteiger partial charge is 0.365 e. The minimum absolute atomic E-state index is 0.00611. The van der Waals surface area contributed by atoms with Crippen LogP contribution in [0.25, 0.3) is 0 Å². The van der Waals surface area contributed by atoms with Gasteiger partial charge in [-0.1, -0.05) is 13.8 Å². The van der Waals surface area contributed by atoms with E-state index < -0.39 is 0 Å². The van der Waals surface area contributed by atoms with Crippen molar-refractivity contribution in [1.82, 2.24) is 0 Å². The molecule has 7 aliphatic rings. The van der Waals surface area contributed by atoms with E-state index in [4.69, 9.17) is 23.7 Å². The molecule has 5 heteroatoms. The van der Waals surface area contributed by atoms with E-state index in [0.717, 1.165) is 57.0 Å². The molecule has 4 unspecified atom stereocenters. The molecule has 3 aliphatic heterocycles. The number of epoxide rings is 1. The van der Waals surface area contributed by atoms with Gasteiger partial charge in [0.1, 0.15) is 5.60 Å². The topological polar surface area (TPSA) is 49.5 Å². The molecule has 0 bridgehead atoms. The molecule has 8 atom stereocenters. The molecular formula is C25H38O5. The maximum atomic E-state index is 6.67. The molecule has 0 aromatic carbocycles. The lowest BCUT2D eigenvalue weighted by Gasteiger charge is -2.60. The third-order valence-corrected chi connectivity index (χ3v) is 11.4. The molecule has 168 valence electrons. The average Bonchev–Trinajstić information content (AvgIpc) is 3.09. The van der Waals surface area contributed by atoms with Crippen LogP contribution in [0.2, 0.25) is 0 Å². The van der Waals surface area contributed by atoms with Gasteiger partial charge in [-0.3, -0.25) is 0 Å². The normalized spacial score (nSPS) is 57.5. The van der Waals surface area contributed by atoms with E-state index in [1.165, 1.54) is 38.5 Å². The fourth-order valence-corrected chi connectivity index (χ4v) is 9.96. The number of ether oxygens (including phenoxy) is 5. The van der Waals surface area contributed by atoms with E-state index in [1.807, 2.05) is 0 Å². The van der Waals surface area contributed by atoms with Gasteiger partial charge in [-0.2, -0.15) is 0 Å². The lowest BCUT2D eigenvalue weighted by atomic mass is 9.44. The number of hydrogen-bond acceptors (Lipinski definition) is 5. The minimum atomic E-state index is -0.372. The molecule has 5 nitrogen and oxygen atoms in total. The predicted octanol–water partition coefficient (Wildman–Crippen LogP) is 4.28. The highest BCUT2D eigenvalue weighted by Gasteiger charge is 2.78. The molecule has 0 radical (unpaired) electrons. The Kier molecular flexibility index (Phi) is 3.75. The van der Waals surface area contributed by atoms with Gasteiger partial charge in [-0.25, -0.2) is 0 Å². The first kappa shape index (κ1) is 19.3. The summed E-state index contributed by atoms with van der Waals surface area (Å²) in [5, 5.41) is 0. The van der Waals surface area contributed by atoms with E-state index in [1.54, 1.807) is 0 Å². The van der Waals surface area contributed by atoms with Crippen LogP contribution in [0.3, 0.4) is 0 Å². The van der Waals surface area contributed by atoms with Crippen molar-refractivity contribution in [3.8, 4) is 0 Å². The van der Waals surface area contributed by atoms with Crippen LogP contribution in [-0.2, 0) is 23.7 Å². The highest BCUT2D eigenvalue weighted by Crippen LogP contribution is 2.75. The van der Waals surface area contributed by atoms with Crippen molar-refractivity contribution < 1.29 is 23.7 Å². The third kappa shape index (κ3) is 2.18. The van der Waals surface area contributed by atoms with Crippen LogP contribution in [0.5, 0.6) is 0 Å². The van der Waals surface area contributed by atoms with Crippen LogP contribution in [0.1, 0.15) is 72.1 Å². The SMILES string of the molecule is CC1(C2CCC3C4C[C@H]5O[C@]56CC5(CC[C@]6(C)C4CC[C@@]32C)OCCO5)OCCO1. The summed E-state index contributed by atoms with van der Waals surface area (Å²) in [4.78, 5) is 0. The first-order chi connectivity index (χ1) is 14.3. The van der Waals surface area contributed by atoms with Crippen molar-refractivity contribution in [2.75, 3.05) is 26.4 Å². The molecule has 7 rings (SSSR count). The van der Waals surface area contributed by atoms with Crippen LogP contribution >= 0.6 is 0 Å². The highest BCUT2D eigenvalue weighted by molar-refractivity contribution is 5.25. The summed E-state index contributed by atoms with van der Waals surface area (Å²) in [5.74, 6) is 2.12. The van der Waals surface area contributed by atoms with Gasteiger partial charge in [-0.15, -0.1) is 0 Å². The zero-order valence-corrected chi connectivity index (χ0v) is 18.9. The van der Waals surface area contributed by atoms with Crippen LogP contribution in [0.4, 0.5) is 0 Å². The molecule has 3 heterocycles. The molecule has 0 amide bonds. The van der Waals surface area contributed by atoms with Crippen molar-refractivity contribution in [3.05, 3.63) is 0 Å². The fraction of sp³-hybridized carbons (Fsp3) is 1.00. The smallest absolute Gasteiger partial charge is 0.171 e. The second-order valence-corrected chi connectivity index (χ2v) is 12.2. The van der Waals surface area contributed by atoms with Crippen molar-refractivity contribution >= 4 is 0 Å². The summed E-state index contributed by atoms with van der Waals surface area (Å²) in [6.07, 6.45) is 10.0. The summed E-state index contributed by atoms with van der Waals surface area (Å²) >= 11 is 0. The molecule has 30 heavy (non-hydrogen) atoms. The Morgan fingerprint density at radius 1 is 0.733 bits per heavy atom.